The van der Waals surface area contributed by atoms with Crippen LogP contribution in [0.1, 0.15) is 37.7 Å². The van der Waals surface area contributed by atoms with Crippen LogP contribution < -0.4 is 10.1 Å². The number of hydrogen-bond donors (Lipinski definition) is 1. The second-order valence-corrected chi connectivity index (χ2v) is 7.70. The lowest BCUT2D eigenvalue weighted by Crippen LogP contribution is -2.27. The number of ether oxygens (including phenoxy) is 2. The van der Waals surface area contributed by atoms with E-state index in [-0.39, 0.29) is 10.2 Å². The van der Waals surface area contributed by atoms with Crippen LogP contribution in [0.25, 0.3) is 0 Å². The van der Waals surface area contributed by atoms with E-state index in [1.54, 1.807) is 33.8 Å². The molecule has 1 N–H and O–H groups in total. The van der Waals surface area contributed by atoms with Gasteiger partial charge in [0.25, 0.3) is 6.36 Å². The molecule has 2 heterocycles. The molecule has 1 amide bonds. The topological polar surface area (TPSA) is 86.2 Å². The average Bonchev–Trinajstić information content (AvgIpc) is 2.61. The van der Waals surface area contributed by atoms with Gasteiger partial charge in [-0.2, -0.15) is 4.39 Å². The van der Waals surface area contributed by atoms with E-state index in [0.717, 1.165) is 6.33 Å². The molecule has 0 bridgehead atoms. The summed E-state index contributed by atoms with van der Waals surface area (Å²) < 4.78 is 47.4. The van der Waals surface area contributed by atoms with Crippen LogP contribution in [-0.2, 0) is 4.74 Å². The number of rotatable bonds is 4. The highest BCUT2D eigenvalue weighted by Gasteiger charge is 2.23. The highest BCUT2D eigenvalue weighted by atomic mass is 79.9. The van der Waals surface area contributed by atoms with E-state index in [1.165, 1.54) is 6.20 Å². The van der Waals surface area contributed by atoms with Crippen molar-refractivity contribution >= 4 is 27.7 Å². The highest BCUT2D eigenvalue weighted by molar-refractivity contribution is 9.10. The van der Waals surface area contributed by atoms with E-state index in [4.69, 9.17) is 4.74 Å². The van der Waals surface area contributed by atoms with Crippen molar-refractivity contribution in [1.29, 1.82) is 0 Å². The summed E-state index contributed by atoms with van der Waals surface area (Å²) in [6.45, 7) is 6.98. The maximum Gasteiger partial charge on any atom is 0.412 e. The summed E-state index contributed by atoms with van der Waals surface area (Å²) in [6.07, 6.45) is -4.35. The van der Waals surface area contributed by atoms with Crippen LogP contribution in [0.3, 0.4) is 0 Å². The monoisotopic (exact) mass is 486 g/mol. The maximum absolute atomic E-state index is 13.1. The number of alkyl halides is 3. The molecule has 160 valence electrons. The van der Waals surface area contributed by atoms with Crippen LogP contribution >= 0.6 is 15.9 Å². The number of carbonyl (C=O) groups excluding carboxylic acids is 1. The van der Waals surface area contributed by atoms with Crippen LogP contribution in [0.15, 0.2) is 23.1 Å². The normalized spacial score (nSPS) is 12.0. The fourth-order valence-electron chi connectivity index (χ4n) is 1.99. The van der Waals surface area contributed by atoms with E-state index in [1.807, 2.05) is 0 Å². The largest absolute Gasteiger partial charge is 0.444 e. The number of aromatic nitrogens is 3. The summed E-state index contributed by atoms with van der Waals surface area (Å²) in [6, 6.07) is 1.65. The fraction of sp³-hybridized carbons (Fsp3) is 0.368. The molecule has 30 heavy (non-hydrogen) atoms. The minimum absolute atomic E-state index is 0.0293. The van der Waals surface area contributed by atoms with Gasteiger partial charge in [0.05, 0.1) is 11.9 Å². The van der Waals surface area contributed by atoms with Crippen molar-refractivity contribution in [2.45, 2.75) is 46.1 Å². The standard InChI is InChI=1S/C19H18BrF3N4O3/c1-10-7-11(27-18(28)30-19(2,3)4)8-24-12(10)5-6-13-14(20)17(26-9-25-13)29-16(23)15(21)22/h7-9,15-16H,1-4H3,(H,27,28). The Kier molecular flexibility index (Phi) is 7.61. The molecule has 1 atom stereocenters. The van der Waals surface area contributed by atoms with Gasteiger partial charge in [-0.15, -0.1) is 0 Å². The first-order chi connectivity index (χ1) is 14.0. The van der Waals surface area contributed by atoms with Gasteiger partial charge in [-0.1, -0.05) is 0 Å². The Hall–Kier alpha value is -2.87. The average molecular weight is 487 g/mol. The van der Waals surface area contributed by atoms with Crippen LogP contribution in [0, 0.1) is 18.8 Å². The van der Waals surface area contributed by atoms with Gasteiger partial charge in [0.1, 0.15) is 27.8 Å². The van der Waals surface area contributed by atoms with Crippen molar-refractivity contribution < 1.29 is 27.4 Å². The zero-order chi connectivity index (χ0) is 22.5. The summed E-state index contributed by atoms with van der Waals surface area (Å²) in [5.74, 6) is 5.06. The van der Waals surface area contributed by atoms with E-state index in [9.17, 15) is 18.0 Å². The van der Waals surface area contributed by atoms with Crippen molar-refractivity contribution in [3.8, 4) is 17.7 Å². The third kappa shape index (κ3) is 6.88. The molecule has 0 aromatic carbocycles. The Balaban J connectivity index is 2.18. The molecule has 2 aromatic rings. The molecule has 11 heteroatoms. The Morgan fingerprint density at radius 3 is 2.43 bits per heavy atom. The van der Waals surface area contributed by atoms with Crippen LogP contribution in [0.5, 0.6) is 5.88 Å². The summed E-state index contributed by atoms with van der Waals surface area (Å²) in [5.41, 5.74) is 0.918. The van der Waals surface area contributed by atoms with Crippen molar-refractivity contribution in [2.75, 3.05) is 5.32 Å². The van der Waals surface area contributed by atoms with Gasteiger partial charge in [0, 0.05) is 0 Å². The van der Waals surface area contributed by atoms with Gasteiger partial charge < -0.3 is 9.47 Å². The second kappa shape index (κ2) is 9.75. The zero-order valence-corrected chi connectivity index (χ0v) is 18.1. The van der Waals surface area contributed by atoms with E-state index >= 15 is 0 Å². The molecule has 2 aromatic heterocycles. The van der Waals surface area contributed by atoms with Crippen LogP contribution in [-0.4, -0.2) is 39.4 Å². The molecular formula is C19H18BrF3N4O3. The number of hydrogen-bond acceptors (Lipinski definition) is 6. The van der Waals surface area contributed by atoms with Gasteiger partial charge in [-0.05, 0) is 67.1 Å². The van der Waals surface area contributed by atoms with Crippen molar-refractivity contribution in [2.24, 2.45) is 0 Å². The van der Waals surface area contributed by atoms with E-state index in [0.29, 0.717) is 16.9 Å². The summed E-state index contributed by atoms with van der Waals surface area (Å²) in [5, 5.41) is 2.57. The fourth-order valence-corrected chi connectivity index (χ4v) is 2.39. The first kappa shape index (κ1) is 23.4. The van der Waals surface area contributed by atoms with Crippen molar-refractivity contribution in [3.05, 3.63) is 40.0 Å². The number of aryl methyl sites for hydroxylation is 1. The number of anilines is 1. The van der Waals surface area contributed by atoms with Gasteiger partial charge in [-0.25, -0.2) is 28.5 Å². The second-order valence-electron chi connectivity index (χ2n) is 6.91. The molecular weight excluding hydrogens is 469 g/mol. The van der Waals surface area contributed by atoms with Gasteiger partial charge >= 0.3 is 12.5 Å². The summed E-state index contributed by atoms with van der Waals surface area (Å²) in [7, 11) is 0. The molecule has 0 aliphatic rings. The van der Waals surface area contributed by atoms with E-state index in [2.05, 4.69) is 52.8 Å². The third-order valence-corrected chi connectivity index (χ3v) is 3.92. The number of carbonyl (C=O) groups is 1. The van der Waals surface area contributed by atoms with Crippen molar-refractivity contribution in [1.82, 2.24) is 15.0 Å². The summed E-state index contributed by atoms with van der Waals surface area (Å²) >= 11 is 3.07. The molecule has 2 rings (SSSR count). The summed E-state index contributed by atoms with van der Waals surface area (Å²) in [4.78, 5) is 23.5. The Labute approximate surface area is 179 Å². The molecule has 0 aliphatic heterocycles. The molecule has 0 saturated carbocycles. The maximum atomic E-state index is 13.1. The van der Waals surface area contributed by atoms with Gasteiger partial charge in [-0.3, -0.25) is 5.32 Å². The Morgan fingerprint density at radius 1 is 1.17 bits per heavy atom. The Bertz CT molecular complexity index is 987. The first-order valence-electron chi connectivity index (χ1n) is 8.54. The van der Waals surface area contributed by atoms with Gasteiger partial charge in [0.2, 0.25) is 5.88 Å². The quantitative estimate of drug-likeness (QED) is 0.634. The lowest BCUT2D eigenvalue weighted by Gasteiger charge is -2.19. The third-order valence-electron chi connectivity index (χ3n) is 3.20. The van der Waals surface area contributed by atoms with Crippen LogP contribution in [0.2, 0.25) is 0 Å². The highest BCUT2D eigenvalue weighted by Crippen LogP contribution is 2.26. The minimum atomic E-state index is -3.32. The Morgan fingerprint density at radius 2 is 1.83 bits per heavy atom. The predicted octanol–water partition coefficient (Wildman–Crippen LogP) is 4.63. The number of pyridine rings is 1. The number of nitrogens with zero attached hydrogens (tertiary/aromatic N) is 3. The number of halogens is 4. The van der Waals surface area contributed by atoms with Crippen molar-refractivity contribution in [3.63, 3.8) is 0 Å². The first-order valence-corrected chi connectivity index (χ1v) is 9.33. The molecule has 0 radical (unpaired) electrons. The van der Waals surface area contributed by atoms with Gasteiger partial charge in [0.15, 0.2) is 0 Å². The van der Waals surface area contributed by atoms with Crippen LogP contribution in [0.4, 0.5) is 23.7 Å². The zero-order valence-electron chi connectivity index (χ0n) is 16.5. The molecule has 7 nitrogen and oxygen atoms in total. The molecule has 0 aliphatic carbocycles. The van der Waals surface area contributed by atoms with E-state index < -0.39 is 30.4 Å². The molecule has 0 fully saturated rings. The predicted molar refractivity (Wildman–Crippen MR) is 106 cm³/mol. The number of nitrogens with one attached hydrogen (secondary N) is 1. The molecule has 1 unspecified atom stereocenters. The smallest absolute Gasteiger partial charge is 0.412 e. The molecule has 0 spiro atoms. The number of amides is 1. The minimum Gasteiger partial charge on any atom is -0.444 e. The lowest BCUT2D eigenvalue weighted by atomic mass is 10.2. The lowest BCUT2D eigenvalue weighted by molar-refractivity contribution is -0.0695. The SMILES string of the molecule is Cc1cc(NC(=O)OC(C)(C)C)cnc1C#Cc1ncnc(OC(F)C(F)F)c1Br. The molecule has 0 saturated heterocycles.